The first kappa shape index (κ1) is 43.3. The maximum atomic E-state index is 13.2. The Hall–Kier alpha value is -6.47. The molecule has 0 aliphatic heterocycles. The number of aryl methyl sites for hydroxylation is 1. The number of nitrogens with zero attached hydrogens (tertiary/aromatic N) is 6. The molecule has 20 heteroatoms. The van der Waals surface area contributed by atoms with Crippen LogP contribution < -0.4 is 11.6 Å². The van der Waals surface area contributed by atoms with Crippen LogP contribution in [0.5, 0.6) is 0 Å². The summed E-state index contributed by atoms with van der Waals surface area (Å²) in [7, 11) is 0. The molecule has 1 heterocycles. The maximum Gasteiger partial charge on any atom is 0.510 e. The van der Waals surface area contributed by atoms with E-state index in [1.807, 2.05) is 43.3 Å². The van der Waals surface area contributed by atoms with Gasteiger partial charge in [0.2, 0.25) is 6.23 Å². The molecule has 19 nitrogen and oxygen atoms in total. The van der Waals surface area contributed by atoms with E-state index in [1.54, 1.807) is 41.0 Å². The molecule has 1 unspecified atom stereocenters. The molecule has 0 amide bonds. The van der Waals surface area contributed by atoms with Gasteiger partial charge >= 0.3 is 12.1 Å². The topological polar surface area (TPSA) is 252 Å². The lowest BCUT2D eigenvalue weighted by molar-refractivity contribution is -0.763. The summed E-state index contributed by atoms with van der Waals surface area (Å²) in [5.41, 5.74) is 10.5. The van der Waals surface area contributed by atoms with Crippen LogP contribution in [-0.4, -0.2) is 62.2 Å². The Labute approximate surface area is 332 Å². The summed E-state index contributed by atoms with van der Waals surface area (Å²) >= 11 is 6.46. The van der Waals surface area contributed by atoms with E-state index in [1.165, 1.54) is 6.92 Å². The highest BCUT2D eigenvalue weighted by Crippen LogP contribution is 2.26. The normalized spacial score (nSPS) is 11.7. The molecular formula is C37H43ClN8O11. The number of hydrogen-bond acceptors (Lipinski definition) is 15. The van der Waals surface area contributed by atoms with Gasteiger partial charge in [-0.3, -0.25) is 0 Å². The molecule has 0 spiro atoms. The molecule has 3 aromatic carbocycles. The first-order chi connectivity index (χ1) is 27.4. The highest BCUT2D eigenvalue weighted by molar-refractivity contribution is 6.32. The summed E-state index contributed by atoms with van der Waals surface area (Å²) in [6.45, 7) is 3.30. The lowest BCUT2D eigenvalue weighted by atomic mass is 9.98. The Morgan fingerprint density at radius 2 is 1.60 bits per heavy atom. The molecule has 1 aromatic heterocycles. The van der Waals surface area contributed by atoms with Gasteiger partial charge < -0.3 is 34.2 Å². The Morgan fingerprint density at radius 1 is 0.912 bits per heavy atom. The lowest BCUT2D eigenvalue weighted by Gasteiger charge is -2.21. The van der Waals surface area contributed by atoms with Crippen LogP contribution in [0.1, 0.15) is 78.1 Å². The van der Waals surface area contributed by atoms with Gasteiger partial charge in [-0.05, 0) is 54.0 Å². The van der Waals surface area contributed by atoms with Crippen molar-refractivity contribution in [2.24, 2.45) is 16.7 Å². The minimum atomic E-state index is -1.08. The summed E-state index contributed by atoms with van der Waals surface area (Å²) in [5, 5.41) is 24.2. The van der Waals surface area contributed by atoms with E-state index in [0.717, 1.165) is 34.6 Å². The number of esters is 1. The number of imidazole rings is 1. The van der Waals surface area contributed by atoms with Crippen molar-refractivity contribution in [2.45, 2.75) is 71.9 Å². The third-order valence-corrected chi connectivity index (χ3v) is 8.54. The molecule has 0 aliphatic rings. The zero-order valence-electron chi connectivity index (χ0n) is 31.3. The summed E-state index contributed by atoms with van der Waals surface area (Å²) in [5.74, 6) is 6.12. The van der Waals surface area contributed by atoms with E-state index in [9.17, 15) is 29.8 Å². The van der Waals surface area contributed by atoms with E-state index in [4.69, 9.17) is 37.4 Å². The number of halogens is 1. The van der Waals surface area contributed by atoms with Crippen molar-refractivity contribution in [2.75, 3.05) is 13.2 Å². The molecule has 0 aliphatic carbocycles. The first-order valence-corrected chi connectivity index (χ1v) is 18.2. The van der Waals surface area contributed by atoms with Crippen LogP contribution in [0.4, 0.5) is 4.79 Å². The number of amidine groups is 1. The Kier molecular flexibility index (Phi) is 16.4. The molecule has 4 N–H and O–H groups in total. The molecule has 0 bridgehead atoms. The van der Waals surface area contributed by atoms with Gasteiger partial charge in [0, 0.05) is 18.5 Å². The number of hydrazone groups is 1. The molecule has 0 radical (unpaired) electrons. The van der Waals surface area contributed by atoms with E-state index in [2.05, 4.69) is 19.8 Å². The van der Waals surface area contributed by atoms with Crippen LogP contribution in [0, 0.1) is 20.2 Å². The summed E-state index contributed by atoms with van der Waals surface area (Å²) in [4.78, 5) is 59.5. The van der Waals surface area contributed by atoms with Gasteiger partial charge in [-0.25, -0.2) is 20.4 Å². The second-order valence-corrected chi connectivity index (χ2v) is 12.8. The van der Waals surface area contributed by atoms with Crippen molar-refractivity contribution < 1.29 is 43.6 Å². The number of rotatable bonds is 22. The third kappa shape index (κ3) is 13.4. The number of ether oxygens (including phenoxy) is 3. The summed E-state index contributed by atoms with van der Waals surface area (Å²) in [6.07, 6.45) is 0.904. The van der Waals surface area contributed by atoms with Crippen LogP contribution in [0.15, 0.2) is 77.9 Å². The lowest BCUT2D eigenvalue weighted by Crippen LogP contribution is -2.40. The van der Waals surface area contributed by atoms with Crippen molar-refractivity contribution >= 4 is 29.6 Å². The van der Waals surface area contributed by atoms with Crippen molar-refractivity contribution in [1.82, 2.24) is 14.7 Å². The third-order valence-electron chi connectivity index (χ3n) is 8.28. The quantitative estimate of drug-likeness (QED) is 0.0136. The molecule has 1 atom stereocenters. The van der Waals surface area contributed by atoms with Crippen molar-refractivity contribution in [3.63, 3.8) is 0 Å². The monoisotopic (exact) mass is 810 g/mol. The van der Waals surface area contributed by atoms with E-state index < -0.39 is 28.5 Å². The molecule has 304 valence electrons. The molecular weight excluding hydrogens is 768 g/mol. The van der Waals surface area contributed by atoms with Crippen LogP contribution >= 0.6 is 11.6 Å². The van der Waals surface area contributed by atoms with Crippen molar-refractivity contribution in [1.29, 1.82) is 0 Å². The van der Waals surface area contributed by atoms with Gasteiger partial charge in [-0.1, -0.05) is 97.7 Å². The smallest absolute Gasteiger partial charge is 0.461 e. The van der Waals surface area contributed by atoms with Crippen LogP contribution in [0.2, 0.25) is 5.15 Å². The van der Waals surface area contributed by atoms with Crippen molar-refractivity contribution in [3.05, 3.63) is 132 Å². The Balaban J connectivity index is 1.41. The van der Waals surface area contributed by atoms with Crippen molar-refractivity contribution in [3.8, 4) is 11.1 Å². The van der Waals surface area contributed by atoms with Gasteiger partial charge in [0.15, 0.2) is 16.7 Å². The number of hydrogen-bond donors (Lipinski definition) is 2. The number of carbonyl (C=O) groups is 2. The molecule has 0 saturated heterocycles. The standard InChI is InChI=1S/C37H43ClN8O11/c1-3-4-14-32-41-34(38)33(36(47)53-19-7-8-20-55-45(49)50)43(32)22-26-15-17-29(18-16-26)30-12-5-6-13-31(30)35(39)42-44(40)25(2)57-37(48)54-23-27-10-9-11-28(21-27)24-56-46(51)52/h5-6,9-13,15-18,21,25H,3-4,7-8,14,19-20,22-24,40H2,1-2H3,(H2,39,42). The van der Waals surface area contributed by atoms with E-state index >= 15 is 0 Å². The fourth-order valence-corrected chi connectivity index (χ4v) is 5.71. The molecule has 4 aromatic rings. The van der Waals surface area contributed by atoms with Crippen LogP contribution in [0.3, 0.4) is 0 Å². The zero-order valence-corrected chi connectivity index (χ0v) is 32.0. The minimum Gasteiger partial charge on any atom is -0.461 e. The highest BCUT2D eigenvalue weighted by atomic mass is 35.5. The fraction of sp³-hybridized carbons (Fsp3) is 0.351. The van der Waals surface area contributed by atoms with E-state index in [0.29, 0.717) is 41.8 Å². The summed E-state index contributed by atoms with van der Waals surface area (Å²) in [6, 6.07) is 21.4. The largest absolute Gasteiger partial charge is 0.510 e. The predicted molar refractivity (Wildman–Crippen MR) is 205 cm³/mol. The molecule has 0 saturated carbocycles. The van der Waals surface area contributed by atoms with Crippen LogP contribution in [0.25, 0.3) is 11.1 Å². The highest BCUT2D eigenvalue weighted by Gasteiger charge is 2.24. The average Bonchev–Trinajstić information content (AvgIpc) is 3.50. The Morgan fingerprint density at radius 3 is 2.30 bits per heavy atom. The zero-order chi connectivity index (χ0) is 41.3. The fourth-order valence-electron chi connectivity index (χ4n) is 5.43. The number of carbonyl (C=O) groups excluding carboxylic acids is 2. The van der Waals surface area contributed by atoms with Gasteiger partial charge in [0.25, 0.3) is 10.2 Å². The summed E-state index contributed by atoms with van der Waals surface area (Å²) < 4.78 is 17.6. The number of hydrazine groups is 1. The predicted octanol–water partition coefficient (Wildman–Crippen LogP) is 5.94. The van der Waals surface area contributed by atoms with Gasteiger partial charge in [0.05, 0.1) is 13.2 Å². The first-order valence-electron chi connectivity index (χ1n) is 17.8. The van der Waals surface area contributed by atoms with Crippen LogP contribution in [-0.2, 0) is 50.1 Å². The molecule has 0 fully saturated rings. The number of nitrogens with two attached hydrogens (primary N) is 2. The Bertz CT molecular complexity index is 2030. The number of benzene rings is 3. The van der Waals surface area contributed by atoms with E-state index in [-0.39, 0.29) is 49.7 Å². The number of aromatic nitrogens is 2. The maximum absolute atomic E-state index is 13.2. The minimum absolute atomic E-state index is 0.0247. The second kappa shape index (κ2) is 21.6. The number of unbranched alkanes of at least 4 members (excludes halogenated alkanes) is 2. The second-order valence-electron chi connectivity index (χ2n) is 12.4. The SMILES string of the molecule is CCCCc1nc(Cl)c(C(=O)OCCCCO[N+](=O)[O-])n1Cc1ccc(-c2ccccc2/C(N)=N/N(N)C(C)OC(=O)OCc2cccc(CO[N+](=O)[O-])c2)cc1. The van der Waals surface area contributed by atoms with Gasteiger partial charge in [0.1, 0.15) is 19.0 Å². The molecule has 4 rings (SSSR count). The van der Waals surface area contributed by atoms with Gasteiger partial charge in [-0.15, -0.1) is 25.3 Å². The van der Waals surface area contributed by atoms with Gasteiger partial charge in [-0.2, -0.15) is 5.12 Å². The average molecular weight is 811 g/mol. The molecule has 57 heavy (non-hydrogen) atoms.